The highest BCUT2D eigenvalue weighted by Crippen LogP contribution is 2.27. The maximum absolute atomic E-state index is 12.2. The molecule has 0 saturated carbocycles. The van der Waals surface area contributed by atoms with Gasteiger partial charge in [-0.05, 0) is 31.1 Å². The van der Waals surface area contributed by atoms with Crippen molar-refractivity contribution < 1.29 is 9.53 Å². The average molecular weight is 324 g/mol. The Morgan fingerprint density at radius 3 is 2.67 bits per heavy atom. The molecule has 0 spiro atoms. The van der Waals surface area contributed by atoms with Crippen molar-refractivity contribution in [2.75, 3.05) is 31.6 Å². The number of anilines is 1. The molecule has 2 aromatic carbocycles. The van der Waals surface area contributed by atoms with E-state index in [-0.39, 0.29) is 6.09 Å². The van der Waals surface area contributed by atoms with Crippen molar-refractivity contribution in [2.24, 2.45) is 5.92 Å². The molecule has 4 heteroatoms. The van der Waals surface area contributed by atoms with E-state index in [1.165, 1.54) is 0 Å². The highest BCUT2D eigenvalue weighted by atomic mass is 16.5. The molecule has 1 heterocycles. The minimum Gasteiger partial charge on any atom is -0.449 e. The first-order chi connectivity index (χ1) is 11.8. The number of nitrogens with one attached hydrogen (secondary N) is 1. The van der Waals surface area contributed by atoms with Gasteiger partial charge < -0.3 is 9.64 Å². The van der Waals surface area contributed by atoms with Crippen LogP contribution in [0.5, 0.6) is 0 Å². The van der Waals surface area contributed by atoms with E-state index in [0.717, 1.165) is 42.9 Å². The molecule has 0 aliphatic carbocycles. The van der Waals surface area contributed by atoms with E-state index in [0.29, 0.717) is 12.5 Å². The molecule has 0 aromatic heterocycles. The first-order valence-electron chi connectivity index (χ1n) is 8.57. The molecule has 1 fully saturated rings. The third-order valence-electron chi connectivity index (χ3n) is 4.52. The smallest absolute Gasteiger partial charge is 0.411 e. The summed E-state index contributed by atoms with van der Waals surface area (Å²) in [4.78, 5) is 14.5. The van der Waals surface area contributed by atoms with Gasteiger partial charge in [-0.3, -0.25) is 5.32 Å². The summed E-state index contributed by atoms with van der Waals surface area (Å²) in [5, 5.41) is 2.88. The Balaban J connectivity index is 1.59. The summed E-state index contributed by atoms with van der Waals surface area (Å²) in [6.07, 6.45) is 0.718. The van der Waals surface area contributed by atoms with E-state index in [1.807, 2.05) is 54.6 Å². The molecule has 0 bridgehead atoms. The zero-order valence-electron chi connectivity index (χ0n) is 14.1. The highest BCUT2D eigenvalue weighted by Gasteiger charge is 2.22. The fourth-order valence-electron chi connectivity index (χ4n) is 3.14. The van der Waals surface area contributed by atoms with Gasteiger partial charge in [0, 0.05) is 18.0 Å². The summed E-state index contributed by atoms with van der Waals surface area (Å²) in [5.41, 5.74) is 2.84. The van der Waals surface area contributed by atoms with E-state index in [4.69, 9.17) is 4.74 Å². The lowest BCUT2D eigenvalue weighted by Crippen LogP contribution is -2.23. The number of carbonyl (C=O) groups excluding carboxylic acids is 1. The van der Waals surface area contributed by atoms with Gasteiger partial charge in [-0.2, -0.15) is 0 Å². The maximum Gasteiger partial charge on any atom is 0.411 e. The van der Waals surface area contributed by atoms with Crippen LogP contribution in [0, 0.1) is 5.92 Å². The summed E-state index contributed by atoms with van der Waals surface area (Å²) in [7, 11) is 0. The second kappa shape index (κ2) is 7.97. The fraction of sp³-hybridized carbons (Fsp3) is 0.350. The first kappa shape index (κ1) is 16.5. The molecule has 1 saturated heterocycles. The molecule has 24 heavy (non-hydrogen) atoms. The molecule has 1 aliphatic rings. The monoisotopic (exact) mass is 324 g/mol. The second-order valence-corrected chi connectivity index (χ2v) is 6.18. The number of rotatable bonds is 5. The van der Waals surface area contributed by atoms with Gasteiger partial charge in [0.25, 0.3) is 0 Å². The number of carbonyl (C=O) groups is 1. The van der Waals surface area contributed by atoms with Crippen molar-refractivity contribution in [3.63, 3.8) is 0 Å². The number of para-hydroxylation sites is 1. The van der Waals surface area contributed by atoms with E-state index < -0.39 is 0 Å². The van der Waals surface area contributed by atoms with Crippen LogP contribution in [0.3, 0.4) is 0 Å². The summed E-state index contributed by atoms with van der Waals surface area (Å²) in [5.74, 6) is 0.445. The van der Waals surface area contributed by atoms with Crippen LogP contribution in [0.25, 0.3) is 11.1 Å². The Labute approximate surface area is 143 Å². The Morgan fingerprint density at radius 1 is 1.17 bits per heavy atom. The third kappa shape index (κ3) is 4.15. The summed E-state index contributed by atoms with van der Waals surface area (Å²) < 4.78 is 5.44. The molecule has 1 N–H and O–H groups in total. The molecule has 4 nitrogen and oxygen atoms in total. The van der Waals surface area contributed by atoms with E-state index >= 15 is 0 Å². The number of hydrogen-bond acceptors (Lipinski definition) is 3. The topological polar surface area (TPSA) is 41.6 Å². The Morgan fingerprint density at radius 2 is 1.92 bits per heavy atom. The Hall–Kier alpha value is -2.33. The second-order valence-electron chi connectivity index (χ2n) is 6.18. The average Bonchev–Trinajstić information content (AvgIpc) is 3.09. The van der Waals surface area contributed by atoms with Crippen LogP contribution < -0.4 is 5.32 Å². The summed E-state index contributed by atoms with van der Waals surface area (Å²) in [6.45, 7) is 5.83. The predicted octanol–water partition coefficient (Wildman–Crippen LogP) is 4.24. The van der Waals surface area contributed by atoms with Crippen molar-refractivity contribution in [3.05, 3.63) is 54.6 Å². The molecule has 1 aliphatic heterocycles. The number of hydrogen-bond donors (Lipinski definition) is 1. The van der Waals surface area contributed by atoms with Gasteiger partial charge in [-0.1, -0.05) is 55.5 Å². The highest BCUT2D eigenvalue weighted by molar-refractivity contribution is 5.91. The molecule has 0 radical (unpaired) electrons. The molecular formula is C20H24N2O2. The largest absolute Gasteiger partial charge is 0.449 e. The van der Waals surface area contributed by atoms with E-state index in [2.05, 4.69) is 17.1 Å². The zero-order valence-corrected chi connectivity index (χ0v) is 14.1. The number of benzene rings is 2. The van der Waals surface area contributed by atoms with Gasteiger partial charge in [0.05, 0.1) is 12.3 Å². The van der Waals surface area contributed by atoms with Gasteiger partial charge in [0.1, 0.15) is 0 Å². The lowest BCUT2D eigenvalue weighted by atomic mass is 10.0. The third-order valence-corrected chi connectivity index (χ3v) is 4.52. The minimum absolute atomic E-state index is 0.381. The SMILES string of the molecule is CCN1CCC(COC(=O)Nc2ccccc2-c2ccccc2)C1. The normalized spacial score (nSPS) is 17.6. The van der Waals surface area contributed by atoms with Crippen molar-refractivity contribution in [3.8, 4) is 11.1 Å². The quantitative estimate of drug-likeness (QED) is 0.894. The number of likely N-dealkylation sites (tertiary alicyclic amines) is 1. The van der Waals surface area contributed by atoms with Crippen molar-refractivity contribution in [1.29, 1.82) is 0 Å². The van der Waals surface area contributed by atoms with Crippen LogP contribution in [-0.4, -0.2) is 37.2 Å². The lowest BCUT2D eigenvalue weighted by molar-refractivity contribution is 0.141. The van der Waals surface area contributed by atoms with Crippen LogP contribution in [0.4, 0.5) is 10.5 Å². The van der Waals surface area contributed by atoms with Gasteiger partial charge in [-0.15, -0.1) is 0 Å². The van der Waals surface area contributed by atoms with Gasteiger partial charge in [0.2, 0.25) is 0 Å². The van der Waals surface area contributed by atoms with Gasteiger partial charge in [0.15, 0.2) is 0 Å². The Bertz CT molecular complexity index is 672. The standard InChI is InChI=1S/C20H24N2O2/c1-2-22-13-12-16(14-22)15-24-20(23)21-19-11-7-6-10-18(19)17-8-4-3-5-9-17/h3-11,16H,2,12-15H2,1H3,(H,21,23). The zero-order chi connectivity index (χ0) is 16.8. The van der Waals surface area contributed by atoms with Crippen LogP contribution in [0.2, 0.25) is 0 Å². The van der Waals surface area contributed by atoms with Crippen LogP contribution in [0.15, 0.2) is 54.6 Å². The molecule has 3 rings (SSSR count). The number of amides is 1. The Kier molecular flexibility index (Phi) is 5.49. The number of nitrogens with zero attached hydrogens (tertiary/aromatic N) is 1. The van der Waals surface area contributed by atoms with Crippen molar-refractivity contribution in [2.45, 2.75) is 13.3 Å². The maximum atomic E-state index is 12.2. The van der Waals surface area contributed by atoms with E-state index in [9.17, 15) is 4.79 Å². The summed E-state index contributed by atoms with van der Waals surface area (Å²) in [6, 6.07) is 17.8. The van der Waals surface area contributed by atoms with Crippen molar-refractivity contribution >= 4 is 11.8 Å². The van der Waals surface area contributed by atoms with Gasteiger partial charge >= 0.3 is 6.09 Å². The van der Waals surface area contributed by atoms with E-state index in [1.54, 1.807) is 0 Å². The fourth-order valence-corrected chi connectivity index (χ4v) is 3.14. The first-order valence-corrected chi connectivity index (χ1v) is 8.57. The van der Waals surface area contributed by atoms with Gasteiger partial charge in [-0.25, -0.2) is 4.79 Å². The number of ether oxygens (including phenoxy) is 1. The predicted molar refractivity (Wildman–Crippen MR) is 97.1 cm³/mol. The molecule has 1 atom stereocenters. The molecule has 126 valence electrons. The molecular weight excluding hydrogens is 300 g/mol. The molecule has 1 amide bonds. The van der Waals surface area contributed by atoms with Crippen LogP contribution in [0.1, 0.15) is 13.3 Å². The minimum atomic E-state index is -0.381. The van der Waals surface area contributed by atoms with Crippen LogP contribution in [-0.2, 0) is 4.74 Å². The molecule has 1 unspecified atom stereocenters. The van der Waals surface area contributed by atoms with Crippen LogP contribution >= 0.6 is 0 Å². The summed E-state index contributed by atoms with van der Waals surface area (Å²) >= 11 is 0. The van der Waals surface area contributed by atoms with Crippen molar-refractivity contribution in [1.82, 2.24) is 4.90 Å². The lowest BCUT2D eigenvalue weighted by Gasteiger charge is -2.15. The molecule has 2 aromatic rings.